The molecule has 1 amide bonds. The average Bonchev–Trinajstić information content (AvgIpc) is 2.45. The second-order valence-corrected chi connectivity index (χ2v) is 4.79. The van der Waals surface area contributed by atoms with Crippen LogP contribution in [0, 0.1) is 5.82 Å². The molecular weight excluding hydrogens is 271 g/mol. The fraction of sp³-hybridized carbons (Fsp3) is 0.188. The van der Waals surface area contributed by atoms with Gasteiger partial charge < -0.3 is 15.4 Å². The lowest BCUT2D eigenvalue weighted by Gasteiger charge is -2.18. The van der Waals surface area contributed by atoms with Gasteiger partial charge in [-0.15, -0.1) is 0 Å². The smallest absolute Gasteiger partial charge is 0.254 e. The van der Waals surface area contributed by atoms with Crippen molar-refractivity contribution >= 4 is 11.6 Å². The maximum atomic E-state index is 13.3. The maximum Gasteiger partial charge on any atom is 0.254 e. The number of ether oxygens (including phenoxy) is 1. The van der Waals surface area contributed by atoms with Crippen molar-refractivity contribution in [3.8, 4) is 5.75 Å². The molecule has 2 aromatic carbocycles. The standard InChI is InChI=1S/C16H17FN2O2/c1-19(10-11-4-3-5-15(6-11)21-2)16(20)12-7-13(17)9-14(18)8-12/h3-9H,10,18H2,1-2H3. The fourth-order valence-corrected chi connectivity index (χ4v) is 2.07. The van der Waals surface area contributed by atoms with Gasteiger partial charge in [0, 0.05) is 24.8 Å². The summed E-state index contributed by atoms with van der Waals surface area (Å²) in [5, 5.41) is 0. The summed E-state index contributed by atoms with van der Waals surface area (Å²) in [5.41, 5.74) is 6.95. The molecule has 0 aromatic heterocycles. The minimum atomic E-state index is -0.520. The Balaban J connectivity index is 2.15. The monoisotopic (exact) mass is 288 g/mol. The summed E-state index contributed by atoms with van der Waals surface area (Å²) in [6.45, 7) is 0.395. The lowest BCUT2D eigenvalue weighted by atomic mass is 10.1. The normalized spacial score (nSPS) is 10.2. The van der Waals surface area contributed by atoms with Crippen LogP contribution in [0.2, 0.25) is 0 Å². The molecule has 0 unspecified atom stereocenters. The van der Waals surface area contributed by atoms with Crippen LogP contribution in [-0.2, 0) is 6.54 Å². The summed E-state index contributed by atoms with van der Waals surface area (Å²) in [4.78, 5) is 13.8. The fourth-order valence-electron chi connectivity index (χ4n) is 2.07. The molecule has 21 heavy (non-hydrogen) atoms. The molecule has 0 radical (unpaired) electrons. The van der Waals surface area contributed by atoms with Gasteiger partial charge in [0.05, 0.1) is 7.11 Å². The molecule has 5 heteroatoms. The number of hydrogen-bond acceptors (Lipinski definition) is 3. The molecule has 0 bridgehead atoms. The Labute approximate surface area is 122 Å². The highest BCUT2D eigenvalue weighted by Gasteiger charge is 2.14. The number of rotatable bonds is 4. The van der Waals surface area contributed by atoms with E-state index in [0.29, 0.717) is 6.54 Å². The highest BCUT2D eigenvalue weighted by atomic mass is 19.1. The topological polar surface area (TPSA) is 55.6 Å². The van der Waals surface area contributed by atoms with Crippen LogP contribution >= 0.6 is 0 Å². The summed E-state index contributed by atoms with van der Waals surface area (Å²) >= 11 is 0. The van der Waals surface area contributed by atoms with Gasteiger partial charge in [-0.1, -0.05) is 12.1 Å². The van der Waals surface area contributed by atoms with Gasteiger partial charge in [0.25, 0.3) is 5.91 Å². The zero-order valence-corrected chi connectivity index (χ0v) is 12.0. The maximum absolute atomic E-state index is 13.3. The van der Waals surface area contributed by atoms with E-state index in [9.17, 15) is 9.18 Å². The summed E-state index contributed by atoms with van der Waals surface area (Å²) < 4.78 is 18.5. The third-order valence-corrected chi connectivity index (χ3v) is 3.07. The Kier molecular flexibility index (Phi) is 4.42. The molecule has 0 saturated carbocycles. The second-order valence-electron chi connectivity index (χ2n) is 4.79. The first kappa shape index (κ1) is 14.8. The Hall–Kier alpha value is -2.56. The van der Waals surface area contributed by atoms with E-state index in [1.165, 1.54) is 23.1 Å². The first-order chi connectivity index (χ1) is 9.99. The Bertz CT molecular complexity index is 638. The van der Waals surface area contributed by atoms with Crippen molar-refractivity contribution in [1.29, 1.82) is 0 Å². The molecule has 0 fully saturated rings. The predicted molar refractivity (Wildman–Crippen MR) is 79.6 cm³/mol. The first-order valence-corrected chi connectivity index (χ1v) is 6.44. The van der Waals surface area contributed by atoms with Gasteiger partial charge in [-0.2, -0.15) is 0 Å². The molecule has 0 saturated heterocycles. The number of nitrogen functional groups attached to an aromatic ring is 1. The van der Waals surface area contributed by atoms with Crippen LogP contribution in [0.4, 0.5) is 10.1 Å². The van der Waals surface area contributed by atoms with Gasteiger partial charge in [0.1, 0.15) is 11.6 Å². The van der Waals surface area contributed by atoms with Crippen LogP contribution in [0.1, 0.15) is 15.9 Å². The zero-order chi connectivity index (χ0) is 15.4. The van der Waals surface area contributed by atoms with Crippen molar-refractivity contribution in [3.63, 3.8) is 0 Å². The van der Waals surface area contributed by atoms with Crippen molar-refractivity contribution < 1.29 is 13.9 Å². The Morgan fingerprint density at radius 3 is 2.71 bits per heavy atom. The van der Waals surface area contributed by atoms with E-state index in [2.05, 4.69) is 0 Å². The third-order valence-electron chi connectivity index (χ3n) is 3.07. The molecule has 0 heterocycles. The zero-order valence-electron chi connectivity index (χ0n) is 12.0. The van der Waals surface area contributed by atoms with E-state index < -0.39 is 5.82 Å². The summed E-state index contributed by atoms with van der Waals surface area (Å²) in [6.07, 6.45) is 0. The number of halogens is 1. The van der Waals surface area contributed by atoms with Crippen molar-refractivity contribution in [2.75, 3.05) is 19.9 Å². The second kappa shape index (κ2) is 6.26. The van der Waals surface area contributed by atoms with Crippen molar-refractivity contribution in [2.24, 2.45) is 0 Å². The van der Waals surface area contributed by atoms with E-state index >= 15 is 0 Å². The molecule has 2 N–H and O–H groups in total. The van der Waals surface area contributed by atoms with Crippen molar-refractivity contribution in [1.82, 2.24) is 4.90 Å². The Morgan fingerprint density at radius 1 is 1.29 bits per heavy atom. The van der Waals surface area contributed by atoms with E-state index in [-0.39, 0.29) is 17.2 Å². The molecule has 0 aliphatic rings. The molecule has 2 rings (SSSR count). The third kappa shape index (κ3) is 3.72. The SMILES string of the molecule is COc1cccc(CN(C)C(=O)c2cc(N)cc(F)c2)c1. The van der Waals surface area contributed by atoms with Gasteiger partial charge in [-0.05, 0) is 35.9 Å². The molecule has 2 aromatic rings. The molecule has 0 aliphatic carbocycles. The van der Waals surface area contributed by atoms with Gasteiger partial charge in [0.2, 0.25) is 0 Å². The summed E-state index contributed by atoms with van der Waals surface area (Å²) in [6, 6.07) is 11.3. The highest BCUT2D eigenvalue weighted by molar-refractivity contribution is 5.94. The van der Waals surface area contributed by atoms with Crippen LogP contribution in [0.3, 0.4) is 0 Å². The summed E-state index contributed by atoms with van der Waals surface area (Å²) in [7, 11) is 3.24. The van der Waals surface area contributed by atoms with Crippen LogP contribution in [0.25, 0.3) is 0 Å². The van der Waals surface area contributed by atoms with E-state index in [1.807, 2.05) is 24.3 Å². The number of hydrogen-bond donors (Lipinski definition) is 1. The van der Waals surface area contributed by atoms with Crippen molar-refractivity contribution in [3.05, 3.63) is 59.4 Å². The first-order valence-electron chi connectivity index (χ1n) is 6.44. The molecular formula is C16H17FN2O2. The van der Waals surface area contributed by atoms with Gasteiger partial charge in [-0.3, -0.25) is 4.79 Å². The van der Waals surface area contributed by atoms with Gasteiger partial charge >= 0.3 is 0 Å². The molecule has 0 spiro atoms. The molecule has 0 aliphatic heterocycles. The van der Waals surface area contributed by atoms with Crippen LogP contribution < -0.4 is 10.5 Å². The van der Waals surface area contributed by atoms with E-state index in [4.69, 9.17) is 10.5 Å². The summed E-state index contributed by atoms with van der Waals surface area (Å²) in [5.74, 6) is -0.0829. The number of anilines is 1. The molecule has 110 valence electrons. The van der Waals surface area contributed by atoms with Crippen LogP contribution in [0.5, 0.6) is 5.75 Å². The number of amides is 1. The molecule has 0 atom stereocenters. The minimum Gasteiger partial charge on any atom is -0.497 e. The number of benzene rings is 2. The number of carbonyl (C=O) groups is 1. The van der Waals surface area contributed by atoms with Gasteiger partial charge in [0.15, 0.2) is 0 Å². The quantitative estimate of drug-likeness (QED) is 0.880. The van der Waals surface area contributed by atoms with Crippen LogP contribution in [-0.4, -0.2) is 25.0 Å². The van der Waals surface area contributed by atoms with Crippen LogP contribution in [0.15, 0.2) is 42.5 Å². The largest absolute Gasteiger partial charge is 0.497 e. The van der Waals surface area contributed by atoms with Gasteiger partial charge in [-0.25, -0.2) is 4.39 Å². The van der Waals surface area contributed by atoms with E-state index in [1.54, 1.807) is 14.2 Å². The average molecular weight is 288 g/mol. The minimum absolute atomic E-state index is 0.230. The number of nitrogens with zero attached hydrogens (tertiary/aromatic N) is 1. The number of carbonyl (C=O) groups excluding carboxylic acids is 1. The highest BCUT2D eigenvalue weighted by Crippen LogP contribution is 2.16. The lowest BCUT2D eigenvalue weighted by Crippen LogP contribution is -2.26. The van der Waals surface area contributed by atoms with Crippen molar-refractivity contribution in [2.45, 2.75) is 6.54 Å². The lowest BCUT2D eigenvalue weighted by molar-refractivity contribution is 0.0784. The molecule has 4 nitrogen and oxygen atoms in total. The predicted octanol–water partition coefficient (Wildman–Crippen LogP) is 2.69. The number of nitrogens with two attached hydrogens (primary N) is 1. The number of methoxy groups -OCH3 is 1. The van der Waals surface area contributed by atoms with E-state index in [0.717, 1.165) is 11.3 Å². The Morgan fingerprint density at radius 2 is 2.05 bits per heavy atom.